The molecule has 0 N–H and O–H groups in total. The molecule has 0 aliphatic heterocycles. The van der Waals surface area contributed by atoms with Crippen molar-refractivity contribution in [3.63, 3.8) is 0 Å². The number of benzene rings is 1. The molecule has 0 saturated carbocycles. The SMILES string of the molecule is CC1=C(C(=O)c2ccccc2)CCC1. The molecule has 0 spiro atoms. The molecule has 0 radical (unpaired) electrons. The van der Waals surface area contributed by atoms with Gasteiger partial charge < -0.3 is 0 Å². The number of rotatable bonds is 2. The standard InChI is InChI=1S/C13H14O/c1-10-6-5-9-12(10)13(14)11-7-3-2-4-8-11/h2-4,7-8H,5-6,9H2,1H3. The van der Waals surface area contributed by atoms with Crippen molar-refractivity contribution in [3.05, 3.63) is 47.0 Å². The number of hydrogen-bond donors (Lipinski definition) is 0. The quantitative estimate of drug-likeness (QED) is 0.647. The summed E-state index contributed by atoms with van der Waals surface area (Å²) in [4.78, 5) is 12.0. The maximum Gasteiger partial charge on any atom is 0.188 e. The van der Waals surface area contributed by atoms with Crippen LogP contribution in [-0.4, -0.2) is 5.78 Å². The van der Waals surface area contributed by atoms with E-state index < -0.39 is 0 Å². The van der Waals surface area contributed by atoms with Gasteiger partial charge in [-0.2, -0.15) is 0 Å². The second-order valence-electron chi connectivity index (χ2n) is 3.81. The van der Waals surface area contributed by atoms with E-state index in [4.69, 9.17) is 0 Å². The van der Waals surface area contributed by atoms with Crippen molar-refractivity contribution in [2.75, 3.05) is 0 Å². The van der Waals surface area contributed by atoms with Gasteiger partial charge in [0.25, 0.3) is 0 Å². The van der Waals surface area contributed by atoms with Gasteiger partial charge in [0, 0.05) is 5.56 Å². The number of allylic oxidation sites excluding steroid dienone is 2. The highest BCUT2D eigenvalue weighted by atomic mass is 16.1. The van der Waals surface area contributed by atoms with E-state index in [2.05, 4.69) is 6.92 Å². The van der Waals surface area contributed by atoms with Gasteiger partial charge in [0.2, 0.25) is 0 Å². The third-order valence-corrected chi connectivity index (χ3v) is 2.80. The Hall–Kier alpha value is -1.37. The Morgan fingerprint density at radius 1 is 1.14 bits per heavy atom. The first-order valence-corrected chi connectivity index (χ1v) is 5.07. The fourth-order valence-corrected chi connectivity index (χ4v) is 1.97. The summed E-state index contributed by atoms with van der Waals surface area (Å²) >= 11 is 0. The highest BCUT2D eigenvalue weighted by Gasteiger charge is 2.18. The highest BCUT2D eigenvalue weighted by molar-refractivity contribution is 6.09. The zero-order chi connectivity index (χ0) is 9.97. The molecule has 0 aromatic heterocycles. The lowest BCUT2D eigenvalue weighted by atomic mass is 10.0. The van der Waals surface area contributed by atoms with E-state index in [-0.39, 0.29) is 5.78 Å². The van der Waals surface area contributed by atoms with E-state index in [1.54, 1.807) is 0 Å². The van der Waals surface area contributed by atoms with Crippen LogP contribution in [0.5, 0.6) is 0 Å². The lowest BCUT2D eigenvalue weighted by Crippen LogP contribution is -2.02. The first-order valence-electron chi connectivity index (χ1n) is 5.07. The maximum absolute atomic E-state index is 12.0. The normalized spacial score (nSPS) is 16.1. The molecule has 1 heteroatoms. The number of Topliss-reactive ketones (excluding diaryl/α,β-unsaturated/α-hetero) is 1. The molecule has 0 bridgehead atoms. The van der Waals surface area contributed by atoms with Gasteiger partial charge in [-0.15, -0.1) is 0 Å². The van der Waals surface area contributed by atoms with E-state index in [1.807, 2.05) is 30.3 Å². The lowest BCUT2D eigenvalue weighted by molar-refractivity contribution is 0.103. The van der Waals surface area contributed by atoms with Crippen molar-refractivity contribution in [3.8, 4) is 0 Å². The van der Waals surface area contributed by atoms with Gasteiger partial charge in [-0.25, -0.2) is 0 Å². The summed E-state index contributed by atoms with van der Waals surface area (Å²) in [5.41, 5.74) is 3.14. The van der Waals surface area contributed by atoms with Gasteiger partial charge >= 0.3 is 0 Å². The second-order valence-corrected chi connectivity index (χ2v) is 3.81. The Labute approximate surface area is 84.5 Å². The third-order valence-electron chi connectivity index (χ3n) is 2.80. The Kier molecular flexibility index (Phi) is 2.49. The van der Waals surface area contributed by atoms with Crippen molar-refractivity contribution < 1.29 is 4.79 Å². The van der Waals surface area contributed by atoms with Gasteiger partial charge in [0.05, 0.1) is 0 Å². The minimum Gasteiger partial charge on any atom is -0.289 e. The molecule has 1 aliphatic rings. The van der Waals surface area contributed by atoms with Crippen LogP contribution in [-0.2, 0) is 0 Å². The average molecular weight is 186 g/mol. The largest absolute Gasteiger partial charge is 0.289 e. The molecule has 0 heterocycles. The van der Waals surface area contributed by atoms with Crippen LogP contribution < -0.4 is 0 Å². The van der Waals surface area contributed by atoms with E-state index >= 15 is 0 Å². The van der Waals surface area contributed by atoms with E-state index in [0.717, 1.165) is 30.4 Å². The maximum atomic E-state index is 12.0. The minimum absolute atomic E-state index is 0.223. The molecule has 0 amide bonds. The van der Waals surface area contributed by atoms with Crippen LogP contribution in [0.2, 0.25) is 0 Å². The number of carbonyl (C=O) groups excluding carboxylic acids is 1. The molecule has 72 valence electrons. The Morgan fingerprint density at radius 2 is 1.86 bits per heavy atom. The van der Waals surface area contributed by atoms with Crippen molar-refractivity contribution >= 4 is 5.78 Å². The zero-order valence-corrected chi connectivity index (χ0v) is 8.42. The number of ketones is 1. The molecule has 14 heavy (non-hydrogen) atoms. The number of hydrogen-bond acceptors (Lipinski definition) is 1. The van der Waals surface area contributed by atoms with E-state index in [9.17, 15) is 4.79 Å². The molecule has 1 nitrogen and oxygen atoms in total. The van der Waals surface area contributed by atoms with Gasteiger partial charge in [-0.1, -0.05) is 35.9 Å². The van der Waals surface area contributed by atoms with Crippen LogP contribution in [0.15, 0.2) is 41.5 Å². The van der Waals surface area contributed by atoms with E-state index in [1.165, 1.54) is 5.57 Å². The summed E-state index contributed by atoms with van der Waals surface area (Å²) in [6, 6.07) is 9.55. The topological polar surface area (TPSA) is 17.1 Å². The molecule has 2 rings (SSSR count). The lowest BCUT2D eigenvalue weighted by Gasteiger charge is -2.02. The second kappa shape index (κ2) is 3.79. The molecule has 1 aliphatic carbocycles. The molecule has 0 unspecified atom stereocenters. The summed E-state index contributed by atoms with van der Waals surface area (Å²) in [6.45, 7) is 2.07. The molecular weight excluding hydrogens is 172 g/mol. The smallest absolute Gasteiger partial charge is 0.188 e. The summed E-state index contributed by atoms with van der Waals surface area (Å²) in [7, 11) is 0. The highest BCUT2D eigenvalue weighted by Crippen LogP contribution is 2.27. The minimum atomic E-state index is 0.223. The predicted octanol–water partition coefficient (Wildman–Crippen LogP) is 3.37. The summed E-state index contributed by atoms with van der Waals surface area (Å²) in [5, 5.41) is 0. The van der Waals surface area contributed by atoms with Crippen molar-refractivity contribution in [2.45, 2.75) is 26.2 Å². The molecule has 0 atom stereocenters. The Balaban J connectivity index is 2.29. The molecular formula is C13H14O. The van der Waals surface area contributed by atoms with Crippen LogP contribution in [0.1, 0.15) is 36.5 Å². The van der Waals surface area contributed by atoms with Crippen LogP contribution in [0.25, 0.3) is 0 Å². The van der Waals surface area contributed by atoms with Gasteiger partial charge in [0.1, 0.15) is 0 Å². The first-order chi connectivity index (χ1) is 6.79. The monoisotopic (exact) mass is 186 g/mol. The molecule has 0 fully saturated rings. The summed E-state index contributed by atoms with van der Waals surface area (Å²) < 4.78 is 0. The van der Waals surface area contributed by atoms with Crippen LogP contribution >= 0.6 is 0 Å². The van der Waals surface area contributed by atoms with E-state index in [0.29, 0.717) is 0 Å². The summed E-state index contributed by atoms with van der Waals surface area (Å²) in [5.74, 6) is 0.223. The molecule has 1 aromatic carbocycles. The third kappa shape index (κ3) is 1.63. The van der Waals surface area contributed by atoms with Gasteiger partial charge in [0.15, 0.2) is 5.78 Å². The van der Waals surface area contributed by atoms with Gasteiger partial charge in [-0.3, -0.25) is 4.79 Å². The van der Waals surface area contributed by atoms with Crippen LogP contribution in [0.3, 0.4) is 0 Å². The van der Waals surface area contributed by atoms with Crippen molar-refractivity contribution in [1.29, 1.82) is 0 Å². The molecule has 1 aromatic rings. The first kappa shape index (κ1) is 9.20. The van der Waals surface area contributed by atoms with Gasteiger partial charge in [-0.05, 0) is 31.8 Å². The van der Waals surface area contributed by atoms with Crippen molar-refractivity contribution in [1.82, 2.24) is 0 Å². The zero-order valence-electron chi connectivity index (χ0n) is 8.42. The van der Waals surface area contributed by atoms with Crippen LogP contribution in [0, 0.1) is 0 Å². The average Bonchev–Trinajstić information content (AvgIpc) is 2.65. The fraction of sp³-hybridized carbons (Fsp3) is 0.308. The molecule has 0 saturated heterocycles. The Morgan fingerprint density at radius 3 is 2.43 bits per heavy atom. The number of carbonyl (C=O) groups is 1. The summed E-state index contributed by atoms with van der Waals surface area (Å²) in [6.07, 6.45) is 3.19. The predicted molar refractivity (Wildman–Crippen MR) is 57.3 cm³/mol. The van der Waals surface area contributed by atoms with Crippen molar-refractivity contribution in [2.24, 2.45) is 0 Å². The fourth-order valence-electron chi connectivity index (χ4n) is 1.97. The Bertz CT molecular complexity index is 373. The van der Waals surface area contributed by atoms with Crippen LogP contribution in [0.4, 0.5) is 0 Å².